The number of benzene rings is 2. The van der Waals surface area contributed by atoms with E-state index >= 15 is 0 Å². The molecule has 1 aromatic heterocycles. The van der Waals surface area contributed by atoms with E-state index < -0.39 is 0 Å². The number of aryl methyl sites for hydroxylation is 1. The highest BCUT2D eigenvalue weighted by Gasteiger charge is 2.18. The molecule has 6 nitrogen and oxygen atoms in total. The number of aromatic nitrogens is 1. The zero-order valence-electron chi connectivity index (χ0n) is 20.3. The molecule has 184 valence electrons. The van der Waals surface area contributed by atoms with Crippen molar-refractivity contribution in [3.8, 4) is 5.75 Å². The summed E-state index contributed by atoms with van der Waals surface area (Å²) in [5.74, 6) is 0.592. The second kappa shape index (κ2) is 11.7. The number of carbonyl (C=O) groups excluding carboxylic acids is 1. The molecule has 1 aliphatic heterocycles. The number of Topliss-reactive ketones (excluding diaryl/α,β-unsaturated/α-hetero) is 1. The molecule has 0 saturated carbocycles. The van der Waals surface area contributed by atoms with Crippen LogP contribution in [0.5, 0.6) is 5.75 Å². The van der Waals surface area contributed by atoms with Crippen molar-refractivity contribution in [2.24, 2.45) is 0 Å². The molecule has 1 aliphatic rings. The van der Waals surface area contributed by atoms with Gasteiger partial charge in [0.2, 0.25) is 5.78 Å². The number of ether oxygens (including phenoxy) is 1. The van der Waals surface area contributed by atoms with Crippen molar-refractivity contribution in [2.45, 2.75) is 19.9 Å². The summed E-state index contributed by atoms with van der Waals surface area (Å²) in [5.41, 5.74) is 3.66. The lowest BCUT2D eigenvalue weighted by Gasteiger charge is -2.34. The summed E-state index contributed by atoms with van der Waals surface area (Å²) in [6, 6.07) is 13.5. The van der Waals surface area contributed by atoms with E-state index in [-0.39, 0.29) is 5.78 Å². The van der Waals surface area contributed by atoms with Crippen LogP contribution >= 0.6 is 11.6 Å². The maximum atomic E-state index is 12.3. The number of carbonyl (C=O) groups is 1. The Labute approximate surface area is 212 Å². The van der Waals surface area contributed by atoms with Gasteiger partial charge in [-0.25, -0.2) is 0 Å². The molecule has 2 heterocycles. The van der Waals surface area contributed by atoms with Gasteiger partial charge in [0.25, 0.3) is 0 Å². The number of rotatable bonds is 11. The number of halogens is 1. The van der Waals surface area contributed by atoms with Gasteiger partial charge in [-0.05, 0) is 49.7 Å². The molecule has 0 aliphatic carbocycles. The molecule has 0 spiro atoms. The average Bonchev–Trinajstić information content (AvgIpc) is 3.24. The van der Waals surface area contributed by atoms with E-state index in [1.807, 2.05) is 49.5 Å². The van der Waals surface area contributed by atoms with Crippen molar-refractivity contribution in [2.75, 3.05) is 45.9 Å². The lowest BCUT2D eigenvalue weighted by atomic mass is 10.0. The minimum absolute atomic E-state index is 0.260. The Hall–Kier alpha value is -2.93. The average molecular weight is 493 g/mol. The number of nitrogens with zero attached hydrogens (tertiary/aromatic N) is 3. The number of para-hydroxylation sites is 1. The first-order chi connectivity index (χ1) is 17.0. The summed E-state index contributed by atoms with van der Waals surface area (Å²) in [6.45, 7) is 13.7. The predicted octanol–water partition coefficient (Wildman–Crippen LogP) is 5.25. The van der Waals surface area contributed by atoms with Gasteiger partial charge in [0.1, 0.15) is 12.4 Å². The number of piperazine rings is 1. The Morgan fingerprint density at radius 1 is 1.03 bits per heavy atom. The quantitative estimate of drug-likeness (QED) is 0.293. The number of nitrogens with one attached hydrogen (secondary N) is 1. The zero-order valence-corrected chi connectivity index (χ0v) is 21.1. The number of hydrogen-bond donors (Lipinski definition) is 1. The lowest BCUT2D eigenvalue weighted by Crippen LogP contribution is -2.47. The smallest absolute Gasteiger partial charge is 0.205 e. The minimum Gasteiger partial charge on any atom is -0.492 e. The van der Waals surface area contributed by atoms with E-state index in [2.05, 4.69) is 27.0 Å². The van der Waals surface area contributed by atoms with Crippen LogP contribution in [-0.4, -0.2) is 72.2 Å². The van der Waals surface area contributed by atoms with Crippen LogP contribution in [-0.2, 0) is 6.54 Å². The maximum absolute atomic E-state index is 12.3. The number of allylic oxidation sites excluding steroid dienone is 1. The standard InChI is InChI=1S/C28H33ClN4O2/c1-21(2)24-5-3-6-25-26(27(34)19-30)20-33(28(24)25)12-4-11-31-13-15-32(16-14-31)17-18-35-23-9-7-22(29)8-10-23/h3,5-10,19-20,30H,1,4,11-18H2,2H3. The molecule has 2 aromatic carbocycles. The van der Waals surface area contributed by atoms with E-state index in [1.54, 1.807) is 0 Å². The van der Waals surface area contributed by atoms with Crippen LogP contribution in [0.3, 0.4) is 0 Å². The van der Waals surface area contributed by atoms with Crippen LogP contribution in [0.15, 0.2) is 55.2 Å². The highest BCUT2D eigenvalue weighted by Crippen LogP contribution is 2.29. The van der Waals surface area contributed by atoms with Crippen molar-refractivity contribution in [3.63, 3.8) is 0 Å². The Morgan fingerprint density at radius 3 is 2.37 bits per heavy atom. The van der Waals surface area contributed by atoms with Gasteiger partial charge in [0, 0.05) is 67.0 Å². The lowest BCUT2D eigenvalue weighted by molar-refractivity contribution is 0.107. The third kappa shape index (κ3) is 6.20. The number of fused-ring (bicyclic) bond motifs is 1. The second-order valence-corrected chi connectivity index (χ2v) is 9.50. The predicted molar refractivity (Wildman–Crippen MR) is 144 cm³/mol. The highest BCUT2D eigenvalue weighted by atomic mass is 35.5. The van der Waals surface area contributed by atoms with Crippen LogP contribution in [0.2, 0.25) is 5.02 Å². The molecule has 35 heavy (non-hydrogen) atoms. The molecule has 7 heteroatoms. The molecule has 0 radical (unpaired) electrons. The SMILES string of the molecule is C=C(C)c1cccc2c(C(=O)C=N)cn(CCCN3CCN(CCOc4ccc(Cl)cc4)CC3)c12. The fourth-order valence-electron chi connectivity index (χ4n) is 4.68. The zero-order chi connectivity index (χ0) is 24.8. The molecule has 0 atom stereocenters. The molecule has 4 rings (SSSR count). The van der Waals surface area contributed by atoms with Crippen molar-refractivity contribution in [1.29, 1.82) is 5.41 Å². The summed E-state index contributed by atoms with van der Waals surface area (Å²) >= 11 is 5.92. The van der Waals surface area contributed by atoms with Gasteiger partial charge < -0.3 is 19.6 Å². The van der Waals surface area contributed by atoms with E-state index in [9.17, 15) is 4.79 Å². The van der Waals surface area contributed by atoms with Crippen LogP contribution in [0.25, 0.3) is 16.5 Å². The van der Waals surface area contributed by atoms with Crippen molar-refractivity contribution >= 4 is 40.1 Å². The summed E-state index contributed by atoms with van der Waals surface area (Å²) in [5, 5.41) is 9.04. The summed E-state index contributed by atoms with van der Waals surface area (Å²) in [4.78, 5) is 17.3. The Bertz CT molecular complexity index is 1190. The molecule has 0 unspecified atom stereocenters. The van der Waals surface area contributed by atoms with Gasteiger partial charge in [-0.1, -0.05) is 36.4 Å². The van der Waals surface area contributed by atoms with E-state index in [1.165, 1.54) is 0 Å². The maximum Gasteiger partial charge on any atom is 0.205 e. The summed E-state index contributed by atoms with van der Waals surface area (Å²) in [6.07, 6.45) is 3.79. The van der Waals surface area contributed by atoms with Crippen LogP contribution in [0, 0.1) is 5.41 Å². The first kappa shape index (κ1) is 25.2. The fraction of sp³-hybridized carbons (Fsp3) is 0.357. The van der Waals surface area contributed by atoms with Crippen molar-refractivity contribution < 1.29 is 9.53 Å². The summed E-state index contributed by atoms with van der Waals surface area (Å²) in [7, 11) is 0. The van der Waals surface area contributed by atoms with E-state index in [4.69, 9.17) is 21.7 Å². The monoisotopic (exact) mass is 492 g/mol. The normalized spacial score (nSPS) is 14.8. The third-order valence-corrected chi connectivity index (χ3v) is 6.83. The molecule has 3 aromatic rings. The van der Waals surface area contributed by atoms with Gasteiger partial charge >= 0.3 is 0 Å². The minimum atomic E-state index is -0.260. The molecule has 1 N–H and O–H groups in total. The molecule has 1 fully saturated rings. The topological polar surface area (TPSA) is 61.6 Å². The Kier molecular flexibility index (Phi) is 8.39. The van der Waals surface area contributed by atoms with Gasteiger partial charge in [-0.3, -0.25) is 9.69 Å². The Balaban J connectivity index is 1.28. The molecular formula is C28H33ClN4O2. The molecule has 0 amide bonds. The van der Waals surface area contributed by atoms with Crippen LogP contribution in [0.1, 0.15) is 29.3 Å². The van der Waals surface area contributed by atoms with Gasteiger partial charge in [0.15, 0.2) is 0 Å². The van der Waals surface area contributed by atoms with E-state index in [0.29, 0.717) is 12.2 Å². The largest absolute Gasteiger partial charge is 0.492 e. The number of hydrogen-bond acceptors (Lipinski definition) is 5. The van der Waals surface area contributed by atoms with Crippen LogP contribution < -0.4 is 4.74 Å². The van der Waals surface area contributed by atoms with E-state index in [0.717, 1.165) is 91.3 Å². The number of ketones is 1. The van der Waals surface area contributed by atoms with Gasteiger partial charge in [-0.2, -0.15) is 0 Å². The molecular weight excluding hydrogens is 460 g/mol. The van der Waals surface area contributed by atoms with Crippen molar-refractivity contribution in [3.05, 3.63) is 71.4 Å². The first-order valence-corrected chi connectivity index (χ1v) is 12.5. The molecule has 1 saturated heterocycles. The summed E-state index contributed by atoms with van der Waals surface area (Å²) < 4.78 is 8.00. The van der Waals surface area contributed by atoms with Crippen molar-refractivity contribution in [1.82, 2.24) is 14.4 Å². The van der Waals surface area contributed by atoms with Gasteiger partial charge in [0.05, 0.1) is 11.7 Å². The second-order valence-electron chi connectivity index (χ2n) is 9.07. The first-order valence-electron chi connectivity index (χ1n) is 12.1. The van der Waals surface area contributed by atoms with Crippen LogP contribution in [0.4, 0.5) is 0 Å². The third-order valence-electron chi connectivity index (χ3n) is 6.58. The fourth-order valence-corrected chi connectivity index (χ4v) is 4.81. The van der Waals surface area contributed by atoms with Gasteiger partial charge in [-0.15, -0.1) is 0 Å². The Morgan fingerprint density at radius 2 is 1.71 bits per heavy atom. The molecule has 0 bridgehead atoms. The highest BCUT2D eigenvalue weighted by molar-refractivity contribution is 6.37.